The van der Waals surface area contributed by atoms with Gasteiger partial charge in [-0.25, -0.2) is 0 Å². The van der Waals surface area contributed by atoms with E-state index in [1.165, 1.54) is 10.5 Å². The van der Waals surface area contributed by atoms with Gasteiger partial charge in [0.15, 0.2) is 6.61 Å². The first-order valence-corrected chi connectivity index (χ1v) is 13.7. The zero-order valence-corrected chi connectivity index (χ0v) is 23.9. The van der Waals surface area contributed by atoms with Crippen molar-refractivity contribution in [1.29, 1.82) is 0 Å². The van der Waals surface area contributed by atoms with Crippen LogP contribution in [0.1, 0.15) is 56.7 Å². The van der Waals surface area contributed by atoms with Crippen molar-refractivity contribution in [1.82, 2.24) is 10.2 Å². The van der Waals surface area contributed by atoms with Crippen molar-refractivity contribution in [2.45, 2.75) is 65.1 Å². The van der Waals surface area contributed by atoms with Gasteiger partial charge in [0.2, 0.25) is 5.91 Å². The summed E-state index contributed by atoms with van der Waals surface area (Å²) in [4.78, 5) is 28.9. The summed E-state index contributed by atoms with van der Waals surface area (Å²) in [5.41, 5.74) is 2.70. The normalized spacial score (nSPS) is 12.6. The van der Waals surface area contributed by atoms with Gasteiger partial charge in [0.1, 0.15) is 11.8 Å². The van der Waals surface area contributed by atoms with E-state index in [-0.39, 0.29) is 31.0 Å². The molecule has 0 fully saturated rings. The summed E-state index contributed by atoms with van der Waals surface area (Å²) in [6.07, 6.45) is 1.10. The minimum Gasteiger partial charge on any atom is -0.484 e. The van der Waals surface area contributed by atoms with Gasteiger partial charge in [-0.05, 0) is 54.7 Å². The molecule has 0 unspecified atom stereocenters. The second kappa shape index (κ2) is 14.2. The average molecular weight is 556 g/mol. The van der Waals surface area contributed by atoms with Crippen molar-refractivity contribution in [3.63, 3.8) is 0 Å². The molecule has 0 aliphatic rings. The lowest BCUT2D eigenvalue weighted by Crippen LogP contribution is -2.53. The maximum absolute atomic E-state index is 13.7. The molecule has 5 nitrogen and oxygen atoms in total. The van der Waals surface area contributed by atoms with E-state index in [1.54, 1.807) is 18.2 Å². The van der Waals surface area contributed by atoms with Gasteiger partial charge >= 0.3 is 0 Å². The topological polar surface area (TPSA) is 58.6 Å². The molecular formula is C31H36Cl2N2O3. The summed E-state index contributed by atoms with van der Waals surface area (Å²) in [6.45, 7) is 8.02. The van der Waals surface area contributed by atoms with E-state index in [9.17, 15) is 9.59 Å². The molecule has 0 saturated carbocycles. The van der Waals surface area contributed by atoms with E-state index in [0.717, 1.165) is 12.0 Å². The number of hydrogen-bond acceptors (Lipinski definition) is 3. The second-order valence-corrected chi connectivity index (χ2v) is 10.6. The minimum atomic E-state index is -0.793. The molecule has 0 aliphatic carbocycles. The third-order valence-electron chi connectivity index (χ3n) is 6.57. The van der Waals surface area contributed by atoms with Crippen LogP contribution in [0.4, 0.5) is 0 Å². The van der Waals surface area contributed by atoms with E-state index < -0.39 is 6.04 Å². The van der Waals surface area contributed by atoms with Crippen LogP contribution in [-0.2, 0) is 22.6 Å². The van der Waals surface area contributed by atoms with Crippen molar-refractivity contribution >= 4 is 35.0 Å². The minimum absolute atomic E-state index is 0.0441. The van der Waals surface area contributed by atoms with Gasteiger partial charge in [0, 0.05) is 34.6 Å². The van der Waals surface area contributed by atoms with Gasteiger partial charge < -0.3 is 15.0 Å². The Bertz CT molecular complexity index is 1180. The lowest BCUT2D eigenvalue weighted by atomic mass is 10.0. The van der Waals surface area contributed by atoms with Gasteiger partial charge in [0.25, 0.3) is 5.91 Å². The lowest BCUT2D eigenvalue weighted by Gasteiger charge is -2.32. The van der Waals surface area contributed by atoms with Crippen molar-refractivity contribution in [2.24, 2.45) is 0 Å². The number of rotatable bonds is 12. The molecule has 0 aliphatic heterocycles. The molecule has 202 valence electrons. The van der Waals surface area contributed by atoms with Crippen LogP contribution in [0.15, 0.2) is 72.8 Å². The molecule has 7 heteroatoms. The fourth-order valence-electron chi connectivity index (χ4n) is 4.03. The molecule has 0 heterocycles. The van der Waals surface area contributed by atoms with Crippen LogP contribution >= 0.6 is 23.2 Å². The van der Waals surface area contributed by atoms with Gasteiger partial charge in [0.05, 0.1) is 0 Å². The third-order valence-corrected chi connectivity index (χ3v) is 7.28. The monoisotopic (exact) mass is 554 g/mol. The summed E-state index contributed by atoms with van der Waals surface area (Å²) >= 11 is 13.0. The highest BCUT2D eigenvalue weighted by Gasteiger charge is 2.32. The number of halogens is 2. The predicted molar refractivity (Wildman–Crippen MR) is 155 cm³/mol. The number of carbonyl (C=O) groups is 2. The van der Waals surface area contributed by atoms with E-state index in [1.807, 2.05) is 68.4 Å². The lowest BCUT2D eigenvalue weighted by molar-refractivity contribution is -0.143. The number of nitrogens with one attached hydrogen (secondary N) is 1. The number of hydrogen-bond donors (Lipinski definition) is 1. The maximum atomic E-state index is 13.7. The number of carbonyl (C=O) groups excluding carboxylic acids is 2. The van der Waals surface area contributed by atoms with Crippen LogP contribution < -0.4 is 10.1 Å². The van der Waals surface area contributed by atoms with Gasteiger partial charge in [-0.1, -0.05) is 92.5 Å². The Hall–Kier alpha value is -3.02. The Labute approximate surface area is 236 Å². The molecule has 3 aromatic rings. The van der Waals surface area contributed by atoms with E-state index in [2.05, 4.69) is 19.2 Å². The standard InChI is InChI=1S/C31H36Cl2N2O3/c1-5-22(4)34-31(37)29(18-23-10-7-6-8-11-23)35(19-26-27(32)12-9-13-28(26)33)30(36)20-38-25-16-14-24(15-17-25)21(2)3/h6-17,21-22,29H,5,18-20H2,1-4H3,(H,34,37)/t22-,29-/m1/s1. The van der Waals surface area contributed by atoms with Crippen LogP contribution in [0, 0.1) is 0 Å². The number of benzene rings is 3. The van der Waals surface area contributed by atoms with Crippen LogP contribution in [0.3, 0.4) is 0 Å². The molecule has 1 N–H and O–H groups in total. The zero-order valence-electron chi connectivity index (χ0n) is 22.4. The number of amides is 2. The molecule has 3 rings (SSSR count). The van der Waals surface area contributed by atoms with E-state index in [4.69, 9.17) is 27.9 Å². The summed E-state index contributed by atoms with van der Waals surface area (Å²) in [6, 6.07) is 21.7. The van der Waals surface area contributed by atoms with Crippen LogP contribution in [0.25, 0.3) is 0 Å². The third kappa shape index (κ3) is 8.24. The fourth-order valence-corrected chi connectivity index (χ4v) is 4.54. The molecule has 0 bridgehead atoms. The molecule has 38 heavy (non-hydrogen) atoms. The van der Waals surface area contributed by atoms with Crippen molar-refractivity contribution in [3.05, 3.63) is 99.5 Å². The van der Waals surface area contributed by atoms with Gasteiger partial charge in [-0.15, -0.1) is 0 Å². The second-order valence-electron chi connectivity index (χ2n) is 9.76. The predicted octanol–water partition coefficient (Wildman–Crippen LogP) is 7.05. The summed E-state index contributed by atoms with van der Waals surface area (Å²) < 4.78 is 5.88. The molecule has 3 aromatic carbocycles. The fraction of sp³-hybridized carbons (Fsp3) is 0.355. The maximum Gasteiger partial charge on any atom is 0.261 e. The first-order chi connectivity index (χ1) is 18.2. The zero-order chi connectivity index (χ0) is 27.7. The molecule has 0 aromatic heterocycles. The molecule has 2 amide bonds. The summed E-state index contributed by atoms with van der Waals surface area (Å²) in [7, 11) is 0. The van der Waals surface area contributed by atoms with Crippen molar-refractivity contribution in [3.8, 4) is 5.75 Å². The molecule has 0 saturated heterocycles. The van der Waals surface area contributed by atoms with Crippen molar-refractivity contribution in [2.75, 3.05) is 6.61 Å². The highest BCUT2D eigenvalue weighted by Crippen LogP contribution is 2.27. The smallest absolute Gasteiger partial charge is 0.261 e. The highest BCUT2D eigenvalue weighted by atomic mass is 35.5. The first kappa shape index (κ1) is 29.5. The van der Waals surface area contributed by atoms with Crippen LogP contribution in [0.2, 0.25) is 10.0 Å². The summed E-state index contributed by atoms with van der Waals surface area (Å²) in [5, 5.41) is 3.91. The van der Waals surface area contributed by atoms with E-state index >= 15 is 0 Å². The first-order valence-electron chi connectivity index (χ1n) is 13.0. The largest absolute Gasteiger partial charge is 0.484 e. The molecular weight excluding hydrogens is 519 g/mol. The Kier molecular flexibility index (Phi) is 11.1. The van der Waals surface area contributed by atoms with Gasteiger partial charge in [-0.3, -0.25) is 9.59 Å². The van der Waals surface area contributed by atoms with Gasteiger partial charge in [-0.2, -0.15) is 0 Å². The summed E-state index contributed by atoms with van der Waals surface area (Å²) in [5.74, 6) is 0.404. The molecule has 0 spiro atoms. The Morgan fingerprint density at radius 1 is 0.895 bits per heavy atom. The Balaban J connectivity index is 1.93. The van der Waals surface area contributed by atoms with Crippen molar-refractivity contribution < 1.29 is 14.3 Å². The van der Waals surface area contributed by atoms with Crippen LogP contribution in [0.5, 0.6) is 5.75 Å². The van der Waals surface area contributed by atoms with Crippen LogP contribution in [-0.4, -0.2) is 35.4 Å². The van der Waals surface area contributed by atoms with E-state index in [0.29, 0.717) is 33.7 Å². The Morgan fingerprint density at radius 2 is 1.53 bits per heavy atom. The molecule has 2 atom stereocenters. The Morgan fingerprint density at radius 3 is 2.11 bits per heavy atom. The highest BCUT2D eigenvalue weighted by molar-refractivity contribution is 6.36. The number of ether oxygens (including phenoxy) is 1. The molecule has 0 radical (unpaired) electrons. The number of nitrogens with zero attached hydrogens (tertiary/aromatic N) is 1. The SMILES string of the molecule is CC[C@@H](C)NC(=O)[C@@H](Cc1ccccc1)N(Cc1c(Cl)cccc1Cl)C(=O)COc1ccc(C(C)C)cc1. The average Bonchev–Trinajstić information content (AvgIpc) is 2.91. The quantitative estimate of drug-likeness (QED) is 0.261.